The number of amides is 3. The minimum absolute atomic E-state index is 0.0499. The molecule has 9 nitrogen and oxygen atoms in total. The van der Waals surface area contributed by atoms with E-state index in [-0.39, 0.29) is 29.7 Å². The fourth-order valence-electron chi connectivity index (χ4n) is 4.05. The van der Waals surface area contributed by atoms with E-state index >= 15 is 0 Å². The lowest BCUT2D eigenvalue weighted by Gasteiger charge is -2.23. The Morgan fingerprint density at radius 2 is 1.69 bits per heavy atom. The Balaban J connectivity index is 1.61. The first-order valence-corrected chi connectivity index (χ1v) is 10.1. The number of rotatable bonds is 6. The average Bonchev–Trinajstić information content (AvgIpc) is 3.24. The van der Waals surface area contributed by atoms with Crippen molar-refractivity contribution in [2.75, 3.05) is 5.32 Å². The lowest BCUT2D eigenvalue weighted by Crippen LogP contribution is -2.46. The Morgan fingerprint density at radius 3 is 2.24 bits per heavy atom. The minimum atomic E-state index is -1.09. The lowest BCUT2D eigenvalue weighted by atomic mass is 9.81. The molecule has 1 aliphatic carbocycles. The number of ether oxygens (including phenoxy) is 1. The van der Waals surface area contributed by atoms with Gasteiger partial charge in [-0.2, -0.15) is 5.10 Å². The van der Waals surface area contributed by atoms with Crippen molar-refractivity contribution in [3.05, 3.63) is 12.3 Å². The van der Waals surface area contributed by atoms with Crippen LogP contribution in [-0.4, -0.2) is 50.5 Å². The normalized spacial score (nSPS) is 23.7. The third-order valence-corrected chi connectivity index (χ3v) is 5.68. The van der Waals surface area contributed by atoms with E-state index < -0.39 is 24.0 Å². The van der Waals surface area contributed by atoms with Crippen molar-refractivity contribution >= 4 is 29.5 Å². The van der Waals surface area contributed by atoms with E-state index in [9.17, 15) is 19.2 Å². The number of carbonyl (C=O) groups excluding carboxylic acids is 4. The zero-order valence-electron chi connectivity index (χ0n) is 17.3. The molecule has 0 bridgehead atoms. The third-order valence-electron chi connectivity index (χ3n) is 5.68. The first-order valence-electron chi connectivity index (χ1n) is 10.1. The molecule has 4 atom stereocenters. The van der Waals surface area contributed by atoms with Gasteiger partial charge in [0.1, 0.15) is 11.9 Å². The highest BCUT2D eigenvalue weighted by molar-refractivity contribution is 6.08. The van der Waals surface area contributed by atoms with Crippen molar-refractivity contribution in [1.82, 2.24) is 14.7 Å². The Morgan fingerprint density at radius 1 is 1.10 bits per heavy atom. The summed E-state index contributed by atoms with van der Waals surface area (Å²) in [6.07, 6.45) is 3.66. The molecule has 3 rings (SSSR count). The second-order valence-electron chi connectivity index (χ2n) is 8.04. The Bertz CT molecular complexity index is 794. The molecule has 1 saturated heterocycles. The molecule has 1 aromatic rings. The van der Waals surface area contributed by atoms with Gasteiger partial charge in [-0.3, -0.25) is 19.3 Å². The molecule has 158 valence electrons. The van der Waals surface area contributed by atoms with Crippen LogP contribution in [0.5, 0.6) is 0 Å². The topological polar surface area (TPSA) is 111 Å². The predicted molar refractivity (Wildman–Crippen MR) is 104 cm³/mol. The number of hydrogen-bond acceptors (Lipinski definition) is 6. The van der Waals surface area contributed by atoms with E-state index in [4.69, 9.17) is 4.74 Å². The summed E-state index contributed by atoms with van der Waals surface area (Å²) in [5.41, 5.74) is 0. The number of esters is 1. The maximum atomic E-state index is 12.6. The van der Waals surface area contributed by atoms with Crippen molar-refractivity contribution in [1.29, 1.82) is 0 Å². The summed E-state index contributed by atoms with van der Waals surface area (Å²) < 4.78 is 6.90. The summed E-state index contributed by atoms with van der Waals surface area (Å²) in [4.78, 5) is 51.3. The molecule has 2 aliphatic rings. The van der Waals surface area contributed by atoms with Gasteiger partial charge >= 0.3 is 5.97 Å². The summed E-state index contributed by atoms with van der Waals surface area (Å²) in [5.74, 6) is -2.06. The van der Waals surface area contributed by atoms with Gasteiger partial charge in [-0.05, 0) is 40.5 Å². The average molecular weight is 404 g/mol. The van der Waals surface area contributed by atoms with Gasteiger partial charge in [-0.1, -0.05) is 12.8 Å². The maximum Gasteiger partial charge on any atom is 0.329 e. The molecule has 29 heavy (non-hydrogen) atoms. The van der Waals surface area contributed by atoms with Crippen molar-refractivity contribution < 1.29 is 23.9 Å². The molecule has 0 unspecified atom stereocenters. The van der Waals surface area contributed by atoms with Gasteiger partial charge in [0, 0.05) is 12.1 Å². The Hall–Kier alpha value is -2.71. The third kappa shape index (κ3) is 4.04. The first-order chi connectivity index (χ1) is 13.7. The van der Waals surface area contributed by atoms with E-state index in [1.165, 1.54) is 13.8 Å². The van der Waals surface area contributed by atoms with E-state index in [0.717, 1.165) is 17.7 Å². The van der Waals surface area contributed by atoms with E-state index in [1.807, 2.05) is 13.8 Å². The molecular formula is C20H28N4O5. The van der Waals surface area contributed by atoms with Crippen LogP contribution in [-0.2, 0) is 23.9 Å². The largest absolute Gasteiger partial charge is 0.451 e. The van der Waals surface area contributed by atoms with Crippen LogP contribution in [0.2, 0.25) is 0 Å². The van der Waals surface area contributed by atoms with Crippen LogP contribution in [0.25, 0.3) is 0 Å². The van der Waals surface area contributed by atoms with Gasteiger partial charge in [-0.15, -0.1) is 0 Å². The molecule has 9 heteroatoms. The quantitative estimate of drug-likeness (QED) is 0.573. The second-order valence-corrected chi connectivity index (χ2v) is 8.04. The molecule has 1 aromatic heterocycles. The number of fused-ring (bicyclic) bond motifs is 1. The van der Waals surface area contributed by atoms with Gasteiger partial charge in [0.25, 0.3) is 5.91 Å². The number of carbonyl (C=O) groups is 4. The highest BCUT2D eigenvalue weighted by Gasteiger charge is 2.51. The summed E-state index contributed by atoms with van der Waals surface area (Å²) in [5, 5.41) is 6.81. The van der Waals surface area contributed by atoms with E-state index in [2.05, 4.69) is 10.4 Å². The number of likely N-dealkylation sites (tertiary alicyclic amines) is 1. The maximum absolute atomic E-state index is 12.6. The first kappa shape index (κ1) is 21.0. The number of hydrogen-bond donors (Lipinski definition) is 1. The number of nitrogens with zero attached hydrogens (tertiary/aromatic N) is 3. The van der Waals surface area contributed by atoms with Crippen LogP contribution in [0, 0.1) is 11.8 Å². The highest BCUT2D eigenvalue weighted by Crippen LogP contribution is 2.38. The molecule has 2 heterocycles. The van der Waals surface area contributed by atoms with Crippen LogP contribution in [0.3, 0.4) is 0 Å². The van der Waals surface area contributed by atoms with Crippen molar-refractivity contribution in [2.24, 2.45) is 11.8 Å². The van der Waals surface area contributed by atoms with Crippen LogP contribution in [0.1, 0.15) is 59.4 Å². The standard InChI is InChI=1S/C20H28N4O5/c1-11(2)24-16(9-10-21-24)22-17(25)13(4)29-20(28)12(3)23-18(26)14-7-5-6-8-15(14)19(23)27/h9-15H,5-8H2,1-4H3,(H,22,25)/t12-,13-,14-,15-/m0/s1. The fraction of sp³-hybridized carbons (Fsp3) is 0.650. The van der Waals surface area contributed by atoms with Gasteiger partial charge in [0.05, 0.1) is 18.0 Å². The highest BCUT2D eigenvalue weighted by atomic mass is 16.5. The fourth-order valence-corrected chi connectivity index (χ4v) is 4.05. The van der Waals surface area contributed by atoms with Gasteiger partial charge in [0.15, 0.2) is 6.10 Å². The molecule has 2 fully saturated rings. The number of imide groups is 1. The van der Waals surface area contributed by atoms with E-state index in [1.54, 1.807) is 16.9 Å². The number of nitrogens with one attached hydrogen (secondary N) is 1. The molecule has 0 aromatic carbocycles. The van der Waals surface area contributed by atoms with Crippen LogP contribution < -0.4 is 5.32 Å². The van der Waals surface area contributed by atoms with Gasteiger partial charge < -0.3 is 10.1 Å². The minimum Gasteiger partial charge on any atom is -0.451 e. The zero-order chi connectivity index (χ0) is 21.3. The summed E-state index contributed by atoms with van der Waals surface area (Å²) in [6, 6.07) is 0.643. The summed E-state index contributed by atoms with van der Waals surface area (Å²) in [7, 11) is 0. The Kier molecular flexibility index (Phi) is 6.04. The zero-order valence-corrected chi connectivity index (χ0v) is 17.3. The van der Waals surface area contributed by atoms with Crippen LogP contribution in [0.15, 0.2) is 12.3 Å². The molecule has 0 radical (unpaired) electrons. The number of aromatic nitrogens is 2. The molecule has 1 aliphatic heterocycles. The van der Waals surface area contributed by atoms with Crippen molar-refractivity contribution in [3.63, 3.8) is 0 Å². The van der Waals surface area contributed by atoms with Gasteiger partial charge in [0.2, 0.25) is 11.8 Å². The molecule has 1 saturated carbocycles. The number of anilines is 1. The van der Waals surface area contributed by atoms with Crippen LogP contribution in [0.4, 0.5) is 5.82 Å². The smallest absolute Gasteiger partial charge is 0.329 e. The monoisotopic (exact) mass is 404 g/mol. The molecular weight excluding hydrogens is 376 g/mol. The lowest BCUT2D eigenvalue weighted by molar-refractivity contribution is -0.163. The molecule has 3 amide bonds. The van der Waals surface area contributed by atoms with E-state index in [0.29, 0.717) is 18.7 Å². The Labute approximate surface area is 169 Å². The summed E-state index contributed by atoms with van der Waals surface area (Å²) in [6.45, 7) is 6.77. The van der Waals surface area contributed by atoms with Crippen molar-refractivity contribution in [2.45, 2.75) is 71.6 Å². The second kappa shape index (κ2) is 8.34. The van der Waals surface area contributed by atoms with Crippen molar-refractivity contribution in [3.8, 4) is 0 Å². The van der Waals surface area contributed by atoms with Crippen LogP contribution >= 0.6 is 0 Å². The van der Waals surface area contributed by atoms with Gasteiger partial charge in [-0.25, -0.2) is 9.48 Å². The molecule has 1 N–H and O–H groups in total. The molecule has 0 spiro atoms. The SMILES string of the molecule is CC(C)n1nccc1NC(=O)[C@H](C)OC(=O)[C@H](C)N1C(=O)[C@H]2CCCC[C@@H]2C1=O. The summed E-state index contributed by atoms with van der Waals surface area (Å²) >= 11 is 0. The predicted octanol–water partition coefficient (Wildman–Crippen LogP) is 1.90.